The summed E-state index contributed by atoms with van der Waals surface area (Å²) in [7, 11) is 0. The fourth-order valence-electron chi connectivity index (χ4n) is 4.85. The first-order valence-electron chi connectivity index (χ1n) is 10.4. The Morgan fingerprint density at radius 3 is 2.97 bits per heavy atom. The molecular formula is C23H22FN5O. The first-order valence-corrected chi connectivity index (χ1v) is 10.4. The highest BCUT2D eigenvalue weighted by Gasteiger charge is 2.46. The Hall–Kier alpha value is -3.06. The van der Waals surface area contributed by atoms with E-state index >= 15 is 4.39 Å². The number of aromatic nitrogens is 4. The van der Waals surface area contributed by atoms with Crippen LogP contribution in [-0.2, 0) is 0 Å². The number of fused-ring (bicyclic) bond motifs is 2. The number of imidazole rings is 1. The van der Waals surface area contributed by atoms with Crippen molar-refractivity contribution in [1.29, 1.82) is 0 Å². The van der Waals surface area contributed by atoms with E-state index in [-0.39, 0.29) is 22.5 Å². The number of halogens is 1. The Labute approximate surface area is 172 Å². The highest BCUT2D eigenvalue weighted by molar-refractivity contribution is 5.86. The van der Waals surface area contributed by atoms with Gasteiger partial charge in [0.2, 0.25) is 0 Å². The van der Waals surface area contributed by atoms with E-state index in [1.54, 1.807) is 10.8 Å². The third-order valence-electron chi connectivity index (χ3n) is 6.59. The van der Waals surface area contributed by atoms with Gasteiger partial charge in [0.1, 0.15) is 5.82 Å². The predicted octanol–water partition coefficient (Wildman–Crippen LogP) is 3.62. The highest BCUT2D eigenvalue weighted by atomic mass is 19.1. The molecule has 2 aliphatic rings. The summed E-state index contributed by atoms with van der Waals surface area (Å²) in [6, 6.07) is 5.23. The lowest BCUT2D eigenvalue weighted by molar-refractivity contribution is 0.282. The SMILES string of the molecule is Cc1cn2cc(-c3cc(F)c4c(=O)n(C5CCNC6(CC6)C5)ccc4c3)ncc2n1. The van der Waals surface area contributed by atoms with E-state index in [1.165, 1.54) is 6.07 Å². The minimum Gasteiger partial charge on any atom is -0.312 e. The molecular weight excluding hydrogens is 381 g/mol. The lowest BCUT2D eigenvalue weighted by Gasteiger charge is -2.31. The van der Waals surface area contributed by atoms with Crippen molar-refractivity contribution in [3.63, 3.8) is 0 Å². The van der Waals surface area contributed by atoms with Gasteiger partial charge < -0.3 is 14.3 Å². The zero-order chi connectivity index (χ0) is 20.5. The van der Waals surface area contributed by atoms with Gasteiger partial charge >= 0.3 is 0 Å². The van der Waals surface area contributed by atoms with E-state index < -0.39 is 5.82 Å². The molecule has 1 aliphatic carbocycles. The van der Waals surface area contributed by atoms with E-state index in [4.69, 9.17) is 0 Å². The molecule has 152 valence electrons. The maximum Gasteiger partial charge on any atom is 0.261 e. The molecule has 1 saturated carbocycles. The first kappa shape index (κ1) is 17.8. The van der Waals surface area contributed by atoms with Crippen LogP contribution in [0.25, 0.3) is 27.7 Å². The van der Waals surface area contributed by atoms with E-state index in [1.807, 2.05) is 42.0 Å². The molecule has 0 amide bonds. The Bertz CT molecular complexity index is 1370. The second-order valence-corrected chi connectivity index (χ2v) is 8.72. The van der Waals surface area contributed by atoms with Crippen LogP contribution in [0.3, 0.4) is 0 Å². The maximum atomic E-state index is 15.2. The minimum atomic E-state index is -0.499. The van der Waals surface area contributed by atoms with Crippen molar-refractivity contribution in [3.8, 4) is 11.3 Å². The zero-order valence-electron chi connectivity index (χ0n) is 16.7. The van der Waals surface area contributed by atoms with E-state index in [2.05, 4.69) is 15.3 Å². The number of benzene rings is 1. The number of rotatable bonds is 2. The van der Waals surface area contributed by atoms with E-state index in [0.717, 1.165) is 43.6 Å². The quantitative estimate of drug-likeness (QED) is 0.555. The lowest BCUT2D eigenvalue weighted by atomic mass is 9.96. The smallest absolute Gasteiger partial charge is 0.261 e. The summed E-state index contributed by atoms with van der Waals surface area (Å²) in [5.41, 5.74) is 2.88. The average molecular weight is 403 g/mol. The Morgan fingerprint density at radius 2 is 2.13 bits per heavy atom. The van der Waals surface area contributed by atoms with Crippen LogP contribution in [0, 0.1) is 12.7 Å². The fourth-order valence-corrected chi connectivity index (χ4v) is 4.85. The van der Waals surface area contributed by atoms with Gasteiger partial charge in [0.25, 0.3) is 5.56 Å². The summed E-state index contributed by atoms with van der Waals surface area (Å²) >= 11 is 0. The Morgan fingerprint density at radius 1 is 1.27 bits per heavy atom. The van der Waals surface area contributed by atoms with Gasteiger partial charge in [-0.3, -0.25) is 9.78 Å². The monoisotopic (exact) mass is 403 g/mol. The molecule has 30 heavy (non-hydrogen) atoms. The molecule has 7 heteroatoms. The second-order valence-electron chi connectivity index (χ2n) is 8.72. The molecule has 2 fully saturated rings. The van der Waals surface area contributed by atoms with Crippen LogP contribution in [0.1, 0.15) is 37.4 Å². The van der Waals surface area contributed by atoms with Crippen molar-refractivity contribution in [2.45, 2.75) is 44.2 Å². The minimum absolute atomic E-state index is 0.123. The predicted molar refractivity (Wildman–Crippen MR) is 113 cm³/mol. The van der Waals surface area contributed by atoms with Gasteiger partial charge in [-0.2, -0.15) is 0 Å². The molecule has 3 aromatic heterocycles. The van der Waals surface area contributed by atoms with Crippen LogP contribution in [-0.4, -0.2) is 31.0 Å². The molecule has 1 aliphatic heterocycles. The van der Waals surface area contributed by atoms with Gasteiger partial charge in [0.05, 0.1) is 23.0 Å². The number of hydrogen-bond donors (Lipinski definition) is 1. The largest absolute Gasteiger partial charge is 0.312 e. The molecule has 6 nitrogen and oxygen atoms in total. The summed E-state index contributed by atoms with van der Waals surface area (Å²) < 4.78 is 18.8. The van der Waals surface area contributed by atoms with Crippen molar-refractivity contribution in [3.05, 3.63) is 64.9 Å². The topological polar surface area (TPSA) is 64.2 Å². The molecule has 1 aromatic carbocycles. The van der Waals surface area contributed by atoms with Crippen LogP contribution in [0.15, 0.2) is 47.8 Å². The fraction of sp³-hybridized carbons (Fsp3) is 0.348. The van der Waals surface area contributed by atoms with Gasteiger partial charge in [0, 0.05) is 35.7 Å². The third-order valence-corrected chi connectivity index (χ3v) is 6.59. The summed E-state index contributed by atoms with van der Waals surface area (Å²) in [4.78, 5) is 22.0. The van der Waals surface area contributed by atoms with Crippen LogP contribution >= 0.6 is 0 Å². The van der Waals surface area contributed by atoms with Crippen molar-refractivity contribution in [2.24, 2.45) is 0 Å². The number of hydrogen-bond acceptors (Lipinski definition) is 4. The van der Waals surface area contributed by atoms with Crippen molar-refractivity contribution in [2.75, 3.05) is 6.54 Å². The maximum absolute atomic E-state index is 15.2. The van der Waals surface area contributed by atoms with E-state index in [0.29, 0.717) is 16.6 Å². The molecule has 1 unspecified atom stereocenters. The lowest BCUT2D eigenvalue weighted by Crippen LogP contribution is -2.42. The summed E-state index contributed by atoms with van der Waals surface area (Å²) in [5.74, 6) is -0.499. The molecule has 6 rings (SSSR count). The van der Waals surface area contributed by atoms with Gasteiger partial charge in [-0.25, -0.2) is 9.37 Å². The normalized spacial score (nSPS) is 20.3. The Balaban J connectivity index is 1.44. The molecule has 1 atom stereocenters. The molecule has 0 bridgehead atoms. The van der Waals surface area contributed by atoms with Crippen molar-refractivity contribution in [1.82, 2.24) is 24.3 Å². The van der Waals surface area contributed by atoms with Gasteiger partial charge in [0.15, 0.2) is 5.65 Å². The van der Waals surface area contributed by atoms with E-state index in [9.17, 15) is 4.79 Å². The summed E-state index contributed by atoms with van der Waals surface area (Å²) in [6.45, 7) is 2.82. The van der Waals surface area contributed by atoms with Gasteiger partial charge in [-0.15, -0.1) is 0 Å². The average Bonchev–Trinajstić information content (AvgIpc) is 3.35. The summed E-state index contributed by atoms with van der Waals surface area (Å²) in [6.07, 6.45) is 11.4. The first-order chi connectivity index (χ1) is 14.5. The molecule has 1 saturated heterocycles. The van der Waals surface area contributed by atoms with Crippen molar-refractivity contribution < 1.29 is 4.39 Å². The molecule has 1 N–H and O–H groups in total. The molecule has 0 radical (unpaired) electrons. The number of nitrogens with zero attached hydrogens (tertiary/aromatic N) is 4. The zero-order valence-corrected chi connectivity index (χ0v) is 16.7. The van der Waals surface area contributed by atoms with Gasteiger partial charge in [-0.05, 0) is 62.7 Å². The number of piperidine rings is 1. The van der Waals surface area contributed by atoms with Crippen LogP contribution in [0.4, 0.5) is 4.39 Å². The van der Waals surface area contributed by atoms with Crippen LogP contribution in [0.2, 0.25) is 0 Å². The third kappa shape index (κ3) is 2.76. The molecule has 4 aromatic rings. The standard InChI is InChI=1S/C23H22FN5O/c1-14-12-28-13-19(25-11-20(28)27-14)16-8-15-3-7-29(22(30)21(15)18(24)9-16)17-2-6-26-23(10-17)4-5-23/h3,7-9,11-13,17,26H,2,4-6,10H2,1H3. The van der Waals surface area contributed by atoms with Gasteiger partial charge in [-0.1, -0.05) is 0 Å². The summed E-state index contributed by atoms with van der Waals surface area (Å²) in [5, 5.41) is 4.33. The molecule has 4 heterocycles. The number of nitrogens with one attached hydrogen (secondary N) is 1. The van der Waals surface area contributed by atoms with Crippen molar-refractivity contribution >= 4 is 16.4 Å². The number of aryl methyl sites for hydroxylation is 1. The Kier molecular flexibility index (Phi) is 3.68. The second kappa shape index (κ2) is 6.22. The molecule has 1 spiro atoms. The number of pyridine rings is 1. The van der Waals surface area contributed by atoms with Crippen LogP contribution in [0.5, 0.6) is 0 Å². The van der Waals surface area contributed by atoms with Crippen LogP contribution < -0.4 is 10.9 Å². The highest BCUT2D eigenvalue weighted by Crippen LogP contribution is 2.45.